The van der Waals surface area contributed by atoms with Gasteiger partial charge in [0.2, 0.25) is 0 Å². The molecule has 0 unspecified atom stereocenters. The molecule has 1 aliphatic rings. The lowest BCUT2D eigenvalue weighted by atomic mass is 9.95. The summed E-state index contributed by atoms with van der Waals surface area (Å²) < 4.78 is 18.6. The fourth-order valence-corrected chi connectivity index (χ4v) is 2.72. The molecule has 0 fully saturated rings. The minimum absolute atomic E-state index is 0.0551. The average Bonchev–Trinajstić information content (AvgIpc) is 2.49. The van der Waals surface area contributed by atoms with E-state index in [2.05, 4.69) is 26.6 Å². The van der Waals surface area contributed by atoms with Crippen molar-refractivity contribution in [1.29, 1.82) is 0 Å². The minimum atomic E-state index is -0.765. The molecule has 0 bridgehead atoms. The van der Waals surface area contributed by atoms with E-state index < -0.39 is 23.9 Å². The summed E-state index contributed by atoms with van der Waals surface area (Å²) in [6, 6.07) is 2.97. The Kier molecular flexibility index (Phi) is 5.42. The van der Waals surface area contributed by atoms with E-state index in [-0.39, 0.29) is 28.2 Å². The maximum atomic E-state index is 13.4. The van der Waals surface area contributed by atoms with Crippen LogP contribution < -0.4 is 10.6 Å². The van der Waals surface area contributed by atoms with Crippen LogP contribution in [0.25, 0.3) is 0 Å². The van der Waals surface area contributed by atoms with Crippen molar-refractivity contribution in [2.24, 2.45) is 0 Å². The molecule has 0 saturated carbocycles. The second-order valence-electron chi connectivity index (χ2n) is 4.45. The molecule has 0 saturated heterocycles. The summed E-state index contributed by atoms with van der Waals surface area (Å²) in [7, 11) is 0. The molecule has 1 atom stereocenters. The molecule has 118 valence electrons. The van der Waals surface area contributed by atoms with Crippen LogP contribution in [0.3, 0.4) is 0 Å². The maximum Gasteiger partial charge on any atom is 0.338 e. The second-order valence-corrected chi connectivity index (χ2v) is 5.57. The van der Waals surface area contributed by atoms with Gasteiger partial charge in [-0.15, -0.1) is 11.6 Å². The Hall–Kier alpha value is -1.60. The van der Waals surface area contributed by atoms with Crippen LogP contribution in [0, 0.1) is 5.82 Å². The molecule has 1 aromatic rings. The fraction of sp³-hybridized carbons (Fsp3) is 0.286. The highest BCUT2D eigenvalue weighted by Gasteiger charge is 2.33. The average molecular weight is 392 g/mol. The number of halogens is 3. The third-order valence-corrected chi connectivity index (χ3v) is 3.93. The number of benzene rings is 1. The lowest BCUT2D eigenvalue weighted by molar-refractivity contribution is -0.139. The number of hydrogen-bond donors (Lipinski definition) is 2. The van der Waals surface area contributed by atoms with E-state index in [1.54, 1.807) is 6.92 Å². The van der Waals surface area contributed by atoms with Gasteiger partial charge in [0.25, 0.3) is 0 Å². The maximum absolute atomic E-state index is 13.4. The van der Waals surface area contributed by atoms with Gasteiger partial charge in [-0.2, -0.15) is 0 Å². The van der Waals surface area contributed by atoms with Crippen LogP contribution in [0.1, 0.15) is 18.5 Å². The van der Waals surface area contributed by atoms with E-state index in [9.17, 15) is 14.0 Å². The van der Waals surface area contributed by atoms with E-state index in [0.29, 0.717) is 5.56 Å². The minimum Gasteiger partial charge on any atom is -0.463 e. The van der Waals surface area contributed by atoms with Crippen molar-refractivity contribution in [3.8, 4) is 0 Å². The summed E-state index contributed by atoms with van der Waals surface area (Å²) in [5, 5.41) is 5.11. The predicted molar refractivity (Wildman–Crippen MR) is 82.9 cm³/mol. The first-order chi connectivity index (χ1) is 10.5. The van der Waals surface area contributed by atoms with Crippen LogP contribution in [-0.2, 0) is 9.53 Å². The zero-order valence-electron chi connectivity index (χ0n) is 11.6. The molecular formula is C14H13BrClFN2O3. The monoisotopic (exact) mass is 390 g/mol. The van der Waals surface area contributed by atoms with Gasteiger partial charge < -0.3 is 15.4 Å². The van der Waals surface area contributed by atoms with Crippen molar-refractivity contribution in [2.45, 2.75) is 13.0 Å². The van der Waals surface area contributed by atoms with E-state index in [1.807, 2.05) is 0 Å². The molecule has 5 nitrogen and oxygen atoms in total. The molecule has 1 heterocycles. The van der Waals surface area contributed by atoms with Crippen LogP contribution in [0.5, 0.6) is 0 Å². The quantitative estimate of drug-likeness (QED) is 0.612. The van der Waals surface area contributed by atoms with Gasteiger partial charge in [0, 0.05) is 5.70 Å². The van der Waals surface area contributed by atoms with Crippen molar-refractivity contribution in [3.63, 3.8) is 0 Å². The Labute approximate surface area is 140 Å². The number of ether oxygens (including phenoxy) is 1. The van der Waals surface area contributed by atoms with Gasteiger partial charge in [-0.25, -0.2) is 14.0 Å². The number of carbonyl (C=O) groups is 2. The van der Waals surface area contributed by atoms with Crippen molar-refractivity contribution in [1.82, 2.24) is 10.6 Å². The molecular weight excluding hydrogens is 379 g/mol. The number of allylic oxidation sites excluding steroid dienone is 1. The molecule has 1 aliphatic heterocycles. The Morgan fingerprint density at radius 3 is 2.82 bits per heavy atom. The summed E-state index contributed by atoms with van der Waals surface area (Å²) >= 11 is 8.90. The SMILES string of the molecule is CCOC(=O)C1=C(CCl)NC(=O)N[C@H]1c1ccc(F)c(Br)c1. The standard InChI is InChI=1S/C14H13BrClFN2O3/c1-2-22-13(20)11-10(6-16)18-14(21)19-12(11)7-3-4-9(17)8(15)5-7/h3-5,12H,2,6H2,1H3,(H2,18,19,21)/t12-/m0/s1. The number of rotatable bonds is 4. The summed E-state index contributed by atoms with van der Waals surface area (Å²) in [5.74, 6) is -1.08. The lowest BCUT2D eigenvalue weighted by Gasteiger charge is -2.28. The number of hydrogen-bond acceptors (Lipinski definition) is 3. The molecule has 2 rings (SSSR count). The molecule has 8 heteroatoms. The second kappa shape index (κ2) is 7.11. The number of carbonyl (C=O) groups excluding carboxylic acids is 2. The third kappa shape index (κ3) is 3.41. The van der Waals surface area contributed by atoms with Gasteiger partial charge in [0.05, 0.1) is 28.6 Å². The summed E-state index contributed by atoms with van der Waals surface area (Å²) in [6.07, 6.45) is 0. The summed E-state index contributed by atoms with van der Waals surface area (Å²) in [4.78, 5) is 23.9. The summed E-state index contributed by atoms with van der Waals surface area (Å²) in [6.45, 7) is 1.86. The first-order valence-corrected chi connectivity index (χ1v) is 7.79. The van der Waals surface area contributed by atoms with Gasteiger partial charge >= 0.3 is 12.0 Å². The Balaban J connectivity index is 2.51. The fourth-order valence-electron chi connectivity index (χ4n) is 2.12. The lowest BCUT2D eigenvalue weighted by Crippen LogP contribution is -2.46. The van der Waals surface area contributed by atoms with Crippen molar-refractivity contribution in [3.05, 3.63) is 45.3 Å². The number of alkyl halides is 1. The number of urea groups is 1. The molecule has 1 aromatic carbocycles. The molecule has 2 amide bonds. The number of amides is 2. The van der Waals surface area contributed by atoms with E-state index in [1.165, 1.54) is 18.2 Å². The van der Waals surface area contributed by atoms with Crippen LogP contribution in [0.2, 0.25) is 0 Å². The smallest absolute Gasteiger partial charge is 0.338 e. The van der Waals surface area contributed by atoms with E-state index in [0.717, 1.165) is 0 Å². The van der Waals surface area contributed by atoms with Crippen molar-refractivity contribution < 1.29 is 18.7 Å². The highest BCUT2D eigenvalue weighted by molar-refractivity contribution is 9.10. The Morgan fingerprint density at radius 1 is 1.50 bits per heavy atom. The zero-order chi connectivity index (χ0) is 16.3. The molecule has 22 heavy (non-hydrogen) atoms. The molecule has 0 radical (unpaired) electrons. The highest BCUT2D eigenvalue weighted by Crippen LogP contribution is 2.30. The first-order valence-electron chi connectivity index (χ1n) is 6.46. The predicted octanol–water partition coefficient (Wildman–Crippen LogP) is 3.00. The van der Waals surface area contributed by atoms with Crippen LogP contribution in [0.15, 0.2) is 33.9 Å². The topological polar surface area (TPSA) is 67.4 Å². The van der Waals surface area contributed by atoms with Crippen molar-refractivity contribution in [2.75, 3.05) is 12.5 Å². The summed E-state index contributed by atoms with van der Waals surface area (Å²) in [5.41, 5.74) is 1.01. The molecule has 0 spiro atoms. The molecule has 0 aromatic heterocycles. The number of nitrogens with one attached hydrogen (secondary N) is 2. The largest absolute Gasteiger partial charge is 0.463 e. The van der Waals surface area contributed by atoms with Gasteiger partial charge in [0.1, 0.15) is 5.82 Å². The van der Waals surface area contributed by atoms with Crippen LogP contribution >= 0.6 is 27.5 Å². The third-order valence-electron chi connectivity index (χ3n) is 3.06. The Morgan fingerprint density at radius 2 is 2.23 bits per heavy atom. The van der Waals surface area contributed by atoms with Crippen LogP contribution in [0.4, 0.5) is 9.18 Å². The van der Waals surface area contributed by atoms with Gasteiger partial charge in [-0.05, 0) is 40.5 Å². The van der Waals surface area contributed by atoms with Crippen LogP contribution in [-0.4, -0.2) is 24.5 Å². The normalized spacial score (nSPS) is 17.8. The van der Waals surface area contributed by atoms with Gasteiger partial charge in [-0.1, -0.05) is 6.07 Å². The number of esters is 1. The molecule has 2 N–H and O–H groups in total. The Bertz CT molecular complexity index is 651. The van der Waals surface area contributed by atoms with Gasteiger partial charge in [-0.3, -0.25) is 0 Å². The van der Waals surface area contributed by atoms with E-state index in [4.69, 9.17) is 16.3 Å². The first kappa shape index (κ1) is 16.8. The molecule has 0 aliphatic carbocycles. The highest BCUT2D eigenvalue weighted by atomic mass is 79.9. The van der Waals surface area contributed by atoms with Crippen molar-refractivity contribution >= 4 is 39.5 Å². The zero-order valence-corrected chi connectivity index (χ0v) is 13.9. The van der Waals surface area contributed by atoms with Gasteiger partial charge in [0.15, 0.2) is 0 Å². The van der Waals surface area contributed by atoms with E-state index >= 15 is 0 Å².